The van der Waals surface area contributed by atoms with E-state index in [1.165, 1.54) is 39.5 Å². The van der Waals surface area contributed by atoms with Gasteiger partial charge in [-0.3, -0.25) is 14.9 Å². The SMILES string of the molecule is COc1cc(C(=O)Nc2ccc(O)c([N+](=O)[O-])c2)cc(OC)c1OC. The predicted molar refractivity (Wildman–Crippen MR) is 88.8 cm³/mol. The first kappa shape index (κ1) is 17.9. The summed E-state index contributed by atoms with van der Waals surface area (Å²) in [7, 11) is 4.28. The molecule has 0 heterocycles. The molecule has 9 heteroatoms. The van der Waals surface area contributed by atoms with Gasteiger partial charge in [-0.05, 0) is 24.3 Å². The van der Waals surface area contributed by atoms with Gasteiger partial charge in [0.2, 0.25) is 5.75 Å². The van der Waals surface area contributed by atoms with Crippen LogP contribution in [-0.2, 0) is 0 Å². The quantitative estimate of drug-likeness (QED) is 0.467. The Morgan fingerprint density at radius 1 is 1.08 bits per heavy atom. The number of anilines is 1. The molecule has 0 aliphatic rings. The van der Waals surface area contributed by atoms with E-state index in [4.69, 9.17) is 14.2 Å². The number of benzene rings is 2. The van der Waals surface area contributed by atoms with Gasteiger partial charge >= 0.3 is 5.69 Å². The highest BCUT2D eigenvalue weighted by Crippen LogP contribution is 2.38. The van der Waals surface area contributed by atoms with Crippen LogP contribution in [0.1, 0.15) is 10.4 Å². The van der Waals surface area contributed by atoms with Gasteiger partial charge in [0, 0.05) is 17.3 Å². The number of hydrogen-bond acceptors (Lipinski definition) is 7. The Labute approximate surface area is 142 Å². The second kappa shape index (κ2) is 7.39. The summed E-state index contributed by atoms with van der Waals surface area (Å²) in [6.45, 7) is 0. The topological polar surface area (TPSA) is 120 Å². The van der Waals surface area contributed by atoms with Gasteiger partial charge in [0.05, 0.1) is 26.3 Å². The maximum Gasteiger partial charge on any atom is 0.312 e. The number of aromatic hydroxyl groups is 1. The van der Waals surface area contributed by atoms with Crippen LogP contribution in [0.4, 0.5) is 11.4 Å². The third kappa shape index (κ3) is 3.71. The lowest BCUT2D eigenvalue weighted by Gasteiger charge is -2.14. The van der Waals surface area contributed by atoms with E-state index in [-0.39, 0.29) is 11.3 Å². The molecule has 0 saturated carbocycles. The summed E-state index contributed by atoms with van der Waals surface area (Å²) in [6.07, 6.45) is 0. The van der Waals surface area contributed by atoms with Crippen LogP contribution in [0.5, 0.6) is 23.0 Å². The van der Waals surface area contributed by atoms with E-state index in [1.807, 2.05) is 0 Å². The van der Waals surface area contributed by atoms with Crippen molar-refractivity contribution in [2.24, 2.45) is 0 Å². The van der Waals surface area contributed by atoms with Crippen LogP contribution in [0.25, 0.3) is 0 Å². The van der Waals surface area contributed by atoms with E-state index in [0.29, 0.717) is 17.2 Å². The van der Waals surface area contributed by atoms with E-state index >= 15 is 0 Å². The van der Waals surface area contributed by atoms with Gasteiger partial charge in [-0.1, -0.05) is 0 Å². The van der Waals surface area contributed by atoms with Crippen LogP contribution in [0.3, 0.4) is 0 Å². The number of carbonyl (C=O) groups is 1. The molecule has 2 rings (SSSR count). The molecule has 0 saturated heterocycles. The number of nitrogens with one attached hydrogen (secondary N) is 1. The molecule has 0 atom stereocenters. The predicted octanol–water partition coefficient (Wildman–Crippen LogP) is 2.58. The Morgan fingerprint density at radius 2 is 1.68 bits per heavy atom. The Kier molecular flexibility index (Phi) is 5.28. The van der Waals surface area contributed by atoms with Gasteiger partial charge in [-0.2, -0.15) is 0 Å². The maximum absolute atomic E-state index is 12.4. The number of phenols is 1. The number of methoxy groups -OCH3 is 3. The van der Waals surface area contributed by atoms with Crippen molar-refractivity contribution in [1.29, 1.82) is 0 Å². The number of phenolic OH excluding ortho intramolecular Hbond substituents is 1. The molecular weight excluding hydrogens is 332 g/mol. The van der Waals surface area contributed by atoms with Crippen molar-refractivity contribution in [3.8, 4) is 23.0 Å². The number of rotatable bonds is 6. The molecule has 25 heavy (non-hydrogen) atoms. The summed E-state index contributed by atoms with van der Waals surface area (Å²) in [5.41, 5.74) is -0.156. The fraction of sp³-hybridized carbons (Fsp3) is 0.188. The normalized spacial score (nSPS) is 10.0. The molecule has 0 aliphatic heterocycles. The van der Waals surface area contributed by atoms with Gasteiger partial charge in [-0.25, -0.2) is 0 Å². The highest BCUT2D eigenvalue weighted by atomic mass is 16.6. The number of nitro benzene ring substituents is 1. The van der Waals surface area contributed by atoms with Crippen LogP contribution < -0.4 is 19.5 Å². The smallest absolute Gasteiger partial charge is 0.312 e. The van der Waals surface area contributed by atoms with Gasteiger partial charge in [0.1, 0.15) is 0 Å². The first-order chi connectivity index (χ1) is 11.9. The average Bonchev–Trinajstić information content (AvgIpc) is 2.61. The Bertz CT molecular complexity index is 795. The van der Waals surface area contributed by atoms with Crippen molar-refractivity contribution in [1.82, 2.24) is 0 Å². The Morgan fingerprint density at radius 3 is 2.16 bits per heavy atom. The van der Waals surface area contributed by atoms with Crippen molar-refractivity contribution >= 4 is 17.3 Å². The number of nitrogens with zero attached hydrogens (tertiary/aromatic N) is 1. The van der Waals surface area contributed by atoms with E-state index in [2.05, 4.69) is 5.32 Å². The molecule has 9 nitrogen and oxygen atoms in total. The zero-order chi connectivity index (χ0) is 18.6. The van der Waals surface area contributed by atoms with Crippen LogP contribution >= 0.6 is 0 Å². The molecule has 0 aliphatic carbocycles. The van der Waals surface area contributed by atoms with Crippen molar-refractivity contribution in [3.63, 3.8) is 0 Å². The minimum Gasteiger partial charge on any atom is -0.502 e. The van der Waals surface area contributed by atoms with Crippen molar-refractivity contribution in [2.75, 3.05) is 26.6 Å². The minimum atomic E-state index is -0.746. The Hall–Kier alpha value is -3.49. The van der Waals surface area contributed by atoms with E-state index in [0.717, 1.165) is 12.1 Å². The molecule has 2 aromatic carbocycles. The molecule has 1 amide bonds. The average molecular weight is 348 g/mol. The third-order valence-electron chi connectivity index (χ3n) is 3.36. The third-order valence-corrected chi connectivity index (χ3v) is 3.36. The molecule has 0 radical (unpaired) electrons. The highest BCUT2D eigenvalue weighted by molar-refractivity contribution is 6.05. The number of carbonyl (C=O) groups excluding carboxylic acids is 1. The highest BCUT2D eigenvalue weighted by Gasteiger charge is 2.19. The number of amides is 1. The summed E-state index contributed by atoms with van der Waals surface area (Å²) >= 11 is 0. The fourth-order valence-corrected chi connectivity index (χ4v) is 2.16. The fourth-order valence-electron chi connectivity index (χ4n) is 2.16. The second-order valence-electron chi connectivity index (χ2n) is 4.83. The van der Waals surface area contributed by atoms with Crippen molar-refractivity contribution in [2.45, 2.75) is 0 Å². The summed E-state index contributed by atoms with van der Waals surface area (Å²) in [5, 5.41) is 22.8. The van der Waals surface area contributed by atoms with Gasteiger partial charge in [0.15, 0.2) is 17.2 Å². The number of nitro groups is 1. The lowest BCUT2D eigenvalue weighted by atomic mass is 10.1. The van der Waals surface area contributed by atoms with E-state index < -0.39 is 22.3 Å². The summed E-state index contributed by atoms with van der Waals surface area (Å²) in [5.74, 6) is -0.107. The zero-order valence-electron chi connectivity index (χ0n) is 13.7. The molecule has 0 spiro atoms. The first-order valence-electron chi connectivity index (χ1n) is 7.00. The van der Waals surface area contributed by atoms with Crippen LogP contribution in [0.2, 0.25) is 0 Å². The lowest BCUT2D eigenvalue weighted by Crippen LogP contribution is -2.12. The molecule has 2 aromatic rings. The first-order valence-corrected chi connectivity index (χ1v) is 7.00. The molecule has 0 fully saturated rings. The van der Waals surface area contributed by atoms with Gasteiger partial charge in [0.25, 0.3) is 5.91 Å². The maximum atomic E-state index is 12.4. The zero-order valence-corrected chi connectivity index (χ0v) is 13.7. The van der Waals surface area contributed by atoms with Crippen molar-refractivity contribution < 1.29 is 29.0 Å². The summed E-state index contributed by atoms with van der Waals surface area (Å²) in [6, 6.07) is 6.43. The monoisotopic (exact) mass is 348 g/mol. The van der Waals surface area contributed by atoms with Crippen molar-refractivity contribution in [3.05, 3.63) is 46.0 Å². The molecule has 0 aromatic heterocycles. The number of ether oxygens (including phenoxy) is 3. The van der Waals surface area contributed by atoms with Crippen LogP contribution in [0.15, 0.2) is 30.3 Å². The molecule has 0 bridgehead atoms. The standard InChI is InChI=1S/C16H16N2O7/c1-23-13-6-9(7-14(24-2)15(13)25-3)16(20)17-10-4-5-12(19)11(8-10)18(21)22/h4-8,19H,1-3H3,(H,17,20). The van der Waals surface area contributed by atoms with E-state index in [9.17, 15) is 20.0 Å². The van der Waals surface area contributed by atoms with E-state index in [1.54, 1.807) is 0 Å². The largest absolute Gasteiger partial charge is 0.502 e. The molecule has 2 N–H and O–H groups in total. The number of hydrogen-bond donors (Lipinski definition) is 2. The summed E-state index contributed by atoms with van der Waals surface area (Å²) < 4.78 is 15.5. The molecular formula is C16H16N2O7. The Balaban J connectivity index is 2.35. The molecule has 0 unspecified atom stereocenters. The molecule has 132 valence electrons. The van der Waals surface area contributed by atoms with Gasteiger partial charge < -0.3 is 24.6 Å². The lowest BCUT2D eigenvalue weighted by molar-refractivity contribution is -0.385. The second-order valence-corrected chi connectivity index (χ2v) is 4.83. The summed E-state index contributed by atoms with van der Waals surface area (Å²) in [4.78, 5) is 22.5. The van der Waals surface area contributed by atoms with Crippen LogP contribution in [0, 0.1) is 10.1 Å². The van der Waals surface area contributed by atoms with Crippen LogP contribution in [-0.4, -0.2) is 37.3 Å². The minimum absolute atomic E-state index is 0.156. The van der Waals surface area contributed by atoms with Gasteiger partial charge in [-0.15, -0.1) is 0 Å².